The number of hydrogen-bond acceptors (Lipinski definition) is 7. The van der Waals surface area contributed by atoms with Crippen LogP contribution in [0.2, 0.25) is 0 Å². The topological polar surface area (TPSA) is 83.1 Å². The summed E-state index contributed by atoms with van der Waals surface area (Å²) in [6.07, 6.45) is 3.30. The molecule has 3 aromatic heterocycles. The monoisotopic (exact) mass is 608 g/mol. The van der Waals surface area contributed by atoms with E-state index in [1.807, 2.05) is 35.3 Å². The Morgan fingerprint density at radius 2 is 1.02 bits per heavy atom. The van der Waals surface area contributed by atoms with Crippen molar-refractivity contribution >= 4 is 79.4 Å². The molecule has 2 N–H and O–H groups in total. The van der Waals surface area contributed by atoms with E-state index in [1.54, 1.807) is 0 Å². The van der Waals surface area contributed by atoms with Crippen LogP contribution in [0.5, 0.6) is 0 Å². The number of nitrogens with zero attached hydrogens (tertiary/aromatic N) is 4. The van der Waals surface area contributed by atoms with Crippen LogP contribution in [0.1, 0.15) is 40.0 Å². The average molecular weight is 609 g/mol. The van der Waals surface area contributed by atoms with Crippen LogP contribution in [0.15, 0.2) is 69.3 Å². The first-order valence-corrected chi connectivity index (χ1v) is 17.6. The van der Waals surface area contributed by atoms with E-state index in [0.29, 0.717) is 11.6 Å². The highest BCUT2D eigenvalue weighted by Gasteiger charge is 2.24. The van der Waals surface area contributed by atoms with Gasteiger partial charge in [-0.1, -0.05) is 57.2 Å². The third kappa shape index (κ3) is 4.81. The third-order valence-electron chi connectivity index (χ3n) is 7.26. The Bertz CT molecular complexity index is 2030. The fourth-order valence-corrected chi connectivity index (χ4v) is 8.27. The van der Waals surface area contributed by atoms with Crippen molar-refractivity contribution in [2.45, 2.75) is 54.7 Å². The predicted molar refractivity (Wildman–Crippen MR) is 181 cm³/mol. The molecule has 3 aromatic carbocycles. The van der Waals surface area contributed by atoms with E-state index in [-0.39, 0.29) is 0 Å². The highest BCUT2D eigenvalue weighted by molar-refractivity contribution is 8.00. The number of thioether (sulfide) groups is 3. The van der Waals surface area contributed by atoms with Crippen LogP contribution in [0.25, 0.3) is 66.9 Å². The summed E-state index contributed by atoms with van der Waals surface area (Å²) in [5, 5.41) is 4.31. The number of H-pyrrole nitrogens is 2. The number of fused-ring (bicyclic) bond motifs is 15. The number of rotatable bonds is 9. The first kappa shape index (κ1) is 27.6. The van der Waals surface area contributed by atoms with Crippen molar-refractivity contribution in [2.24, 2.45) is 0 Å². The molecule has 212 valence electrons. The molecule has 42 heavy (non-hydrogen) atoms. The summed E-state index contributed by atoms with van der Waals surface area (Å²) >= 11 is 5.59. The zero-order valence-corrected chi connectivity index (χ0v) is 26.4. The summed E-state index contributed by atoms with van der Waals surface area (Å²) in [6, 6.07) is 19.3. The van der Waals surface area contributed by atoms with E-state index in [1.165, 1.54) is 14.7 Å². The van der Waals surface area contributed by atoms with E-state index >= 15 is 0 Å². The second-order valence-electron chi connectivity index (χ2n) is 10.3. The summed E-state index contributed by atoms with van der Waals surface area (Å²) in [5.74, 6) is 4.49. The molecule has 0 radical (unpaired) electrons. The van der Waals surface area contributed by atoms with Crippen LogP contribution >= 0.6 is 35.3 Å². The molecule has 0 aliphatic carbocycles. The lowest BCUT2D eigenvalue weighted by Gasteiger charge is -2.06. The molecule has 0 amide bonds. The smallest absolute Gasteiger partial charge is 0.165 e. The van der Waals surface area contributed by atoms with Crippen LogP contribution in [0, 0.1) is 0 Å². The number of benzene rings is 3. The van der Waals surface area contributed by atoms with E-state index in [9.17, 15) is 0 Å². The van der Waals surface area contributed by atoms with Crippen LogP contribution in [0.3, 0.4) is 0 Å². The standard InChI is InChI=1S/C33H32N6S3/c1-4-16-40-22-13-7-10-19-25(22)31-34-28(19)38-32-27-21(12-9-15-24(27)42-18-6-3)30(36-32)39-33-26-20(29(35-33)37-31)11-8-14-23(26)41-17-5-2/h7-15H,4-6,16-18H2,1-3H3,(H2,34,35,36,37,38,39). The minimum atomic E-state index is 0.684. The molecule has 4 heterocycles. The first-order valence-electron chi connectivity index (χ1n) is 14.6. The lowest BCUT2D eigenvalue weighted by atomic mass is 10.1. The summed E-state index contributed by atoms with van der Waals surface area (Å²) in [4.78, 5) is 31.6. The Balaban J connectivity index is 1.65. The molecule has 7 rings (SSSR count). The molecular formula is C33H32N6S3. The molecule has 0 atom stereocenters. The Morgan fingerprint density at radius 1 is 0.524 bits per heavy atom. The van der Waals surface area contributed by atoms with Gasteiger partial charge < -0.3 is 9.97 Å². The number of hydrogen-bond donors (Lipinski definition) is 2. The minimum Gasteiger partial charge on any atom is -0.324 e. The summed E-state index contributed by atoms with van der Waals surface area (Å²) in [5.41, 5.74) is 5.25. The predicted octanol–water partition coefficient (Wildman–Crippen LogP) is 9.81. The quantitative estimate of drug-likeness (QED) is 0.158. The molecule has 6 nitrogen and oxygen atoms in total. The van der Waals surface area contributed by atoms with Gasteiger partial charge in [0.15, 0.2) is 11.6 Å². The molecule has 6 aromatic rings. The normalized spacial score (nSPS) is 12.1. The Labute approximate surface area is 257 Å². The van der Waals surface area contributed by atoms with Gasteiger partial charge in [-0.2, -0.15) is 0 Å². The molecule has 1 aliphatic rings. The Morgan fingerprint density at radius 3 is 1.64 bits per heavy atom. The summed E-state index contributed by atoms with van der Waals surface area (Å²) in [7, 11) is 0. The van der Waals surface area contributed by atoms with E-state index in [2.05, 4.69) is 85.3 Å². The maximum absolute atomic E-state index is 5.25. The van der Waals surface area contributed by atoms with Gasteiger partial charge in [0.05, 0.1) is 0 Å². The summed E-state index contributed by atoms with van der Waals surface area (Å²) < 4.78 is 0. The van der Waals surface area contributed by atoms with Crippen LogP contribution in [0.4, 0.5) is 0 Å². The zero-order chi connectivity index (χ0) is 28.6. The lowest BCUT2D eigenvalue weighted by Crippen LogP contribution is -1.87. The maximum Gasteiger partial charge on any atom is 0.165 e. The SMILES string of the molecule is CCCSc1cccc2c1-c1nc-2nc2[nH]c(nc3[nH]c(n1)c1cccc(SCCC)c31)c1cccc(SCCC)c21. The van der Waals surface area contributed by atoms with Crippen molar-refractivity contribution in [1.82, 2.24) is 29.9 Å². The van der Waals surface area contributed by atoms with Crippen molar-refractivity contribution in [1.29, 1.82) is 0 Å². The van der Waals surface area contributed by atoms with Gasteiger partial charge in [0, 0.05) is 47.4 Å². The largest absolute Gasteiger partial charge is 0.324 e. The highest BCUT2D eigenvalue weighted by Crippen LogP contribution is 2.42. The van der Waals surface area contributed by atoms with Gasteiger partial charge in [-0.15, -0.1) is 35.3 Å². The first-order chi connectivity index (χ1) is 20.7. The fourth-order valence-electron chi connectivity index (χ4n) is 5.42. The van der Waals surface area contributed by atoms with E-state index < -0.39 is 0 Å². The maximum atomic E-state index is 5.25. The lowest BCUT2D eigenvalue weighted by molar-refractivity contribution is 1.10. The molecule has 0 unspecified atom stereocenters. The molecule has 9 heteroatoms. The molecule has 6 bridgehead atoms. The van der Waals surface area contributed by atoms with Crippen molar-refractivity contribution in [3.8, 4) is 22.8 Å². The van der Waals surface area contributed by atoms with Crippen molar-refractivity contribution in [3.63, 3.8) is 0 Å². The second-order valence-corrected chi connectivity index (χ2v) is 13.7. The molecule has 0 saturated heterocycles. The fraction of sp³-hybridized carbons (Fsp3) is 0.273. The van der Waals surface area contributed by atoms with Crippen LogP contribution < -0.4 is 0 Å². The average Bonchev–Trinajstić information content (AvgIpc) is 3.67. The van der Waals surface area contributed by atoms with Crippen LogP contribution in [-0.4, -0.2) is 47.2 Å². The molecule has 0 spiro atoms. The van der Waals surface area contributed by atoms with Gasteiger partial charge in [-0.05, 0) is 54.7 Å². The van der Waals surface area contributed by atoms with Gasteiger partial charge in [0.25, 0.3) is 0 Å². The van der Waals surface area contributed by atoms with Gasteiger partial charge >= 0.3 is 0 Å². The van der Waals surface area contributed by atoms with Crippen molar-refractivity contribution < 1.29 is 0 Å². The molecular weight excluding hydrogens is 577 g/mol. The van der Waals surface area contributed by atoms with E-state index in [0.717, 1.165) is 91.8 Å². The summed E-state index contributed by atoms with van der Waals surface area (Å²) in [6.45, 7) is 6.64. The zero-order valence-electron chi connectivity index (χ0n) is 24.0. The van der Waals surface area contributed by atoms with Gasteiger partial charge in [-0.25, -0.2) is 19.9 Å². The number of aromatic nitrogens is 6. The molecule has 0 fully saturated rings. The van der Waals surface area contributed by atoms with Crippen LogP contribution in [-0.2, 0) is 0 Å². The van der Waals surface area contributed by atoms with Gasteiger partial charge in [0.2, 0.25) is 0 Å². The highest BCUT2D eigenvalue weighted by atomic mass is 32.2. The Kier molecular flexibility index (Phi) is 7.73. The second kappa shape index (κ2) is 11.8. The third-order valence-corrected chi connectivity index (χ3v) is 11.0. The number of aromatic amines is 2. The van der Waals surface area contributed by atoms with Crippen molar-refractivity contribution in [2.75, 3.05) is 17.3 Å². The van der Waals surface area contributed by atoms with E-state index in [4.69, 9.17) is 19.9 Å². The van der Waals surface area contributed by atoms with Gasteiger partial charge in [0.1, 0.15) is 22.6 Å². The van der Waals surface area contributed by atoms with Gasteiger partial charge in [-0.3, -0.25) is 0 Å². The Hall–Kier alpha value is -3.27. The number of nitrogens with one attached hydrogen (secondary N) is 2. The molecule has 0 saturated carbocycles. The molecule has 1 aliphatic heterocycles. The minimum absolute atomic E-state index is 0.684. The van der Waals surface area contributed by atoms with Crippen molar-refractivity contribution in [3.05, 3.63) is 54.6 Å².